The molecule has 0 bridgehead atoms. The molecule has 0 aromatic carbocycles. The molecule has 2 nitrogen and oxygen atoms in total. The second kappa shape index (κ2) is 4.79. The van der Waals surface area contributed by atoms with Crippen LogP contribution in [0.5, 0.6) is 0 Å². The van der Waals surface area contributed by atoms with Gasteiger partial charge in [-0.15, -0.1) is 0 Å². The lowest BCUT2D eigenvalue weighted by atomic mass is 9.70. The zero-order valence-corrected chi connectivity index (χ0v) is 12.4. The van der Waals surface area contributed by atoms with Gasteiger partial charge in [-0.05, 0) is 48.9 Å². The molecule has 3 unspecified atom stereocenters. The number of hydrogen-bond acceptors (Lipinski definition) is 2. The maximum atomic E-state index is 10.8. The van der Waals surface area contributed by atoms with Crippen LogP contribution in [0.3, 0.4) is 0 Å². The summed E-state index contributed by atoms with van der Waals surface area (Å²) in [6.07, 6.45) is 6.33. The van der Waals surface area contributed by atoms with E-state index in [1.165, 1.54) is 12.8 Å². The fourth-order valence-corrected chi connectivity index (χ4v) is 3.90. The molecule has 106 valence electrons. The molecular weight excluding hydrogens is 224 g/mol. The lowest BCUT2D eigenvalue weighted by Gasteiger charge is -2.40. The van der Waals surface area contributed by atoms with Gasteiger partial charge in [0.15, 0.2) is 0 Å². The average molecular weight is 254 g/mol. The van der Waals surface area contributed by atoms with E-state index in [0.29, 0.717) is 17.8 Å². The van der Waals surface area contributed by atoms with E-state index in [9.17, 15) is 10.2 Å². The summed E-state index contributed by atoms with van der Waals surface area (Å²) in [5.41, 5.74) is -0.456. The van der Waals surface area contributed by atoms with Gasteiger partial charge in [0.2, 0.25) is 0 Å². The van der Waals surface area contributed by atoms with E-state index < -0.39 is 5.60 Å². The van der Waals surface area contributed by atoms with E-state index in [2.05, 4.69) is 27.7 Å². The maximum absolute atomic E-state index is 10.8. The van der Waals surface area contributed by atoms with Crippen LogP contribution in [0.1, 0.15) is 66.2 Å². The molecule has 3 atom stereocenters. The minimum Gasteiger partial charge on any atom is -0.393 e. The zero-order valence-electron chi connectivity index (χ0n) is 12.4. The molecule has 18 heavy (non-hydrogen) atoms. The maximum Gasteiger partial charge on any atom is 0.0698 e. The fraction of sp³-hybridized carbons (Fsp3) is 1.00. The van der Waals surface area contributed by atoms with Crippen LogP contribution in [0.4, 0.5) is 0 Å². The van der Waals surface area contributed by atoms with Crippen molar-refractivity contribution < 1.29 is 10.2 Å². The lowest BCUT2D eigenvalue weighted by molar-refractivity contribution is -0.0696. The van der Waals surface area contributed by atoms with Crippen molar-refractivity contribution in [1.82, 2.24) is 0 Å². The minimum atomic E-state index is -0.455. The van der Waals surface area contributed by atoms with Crippen LogP contribution in [0, 0.1) is 23.2 Å². The molecule has 0 aromatic rings. The van der Waals surface area contributed by atoms with Crippen LogP contribution >= 0.6 is 0 Å². The zero-order chi connectivity index (χ0) is 13.6. The normalized spacial score (nSPS) is 32.8. The van der Waals surface area contributed by atoms with Crippen LogP contribution in [-0.4, -0.2) is 21.9 Å². The lowest BCUT2D eigenvalue weighted by Crippen LogP contribution is -2.42. The van der Waals surface area contributed by atoms with Gasteiger partial charge in [-0.2, -0.15) is 0 Å². The first kappa shape index (κ1) is 14.3. The van der Waals surface area contributed by atoms with Crippen LogP contribution in [0.15, 0.2) is 0 Å². The van der Waals surface area contributed by atoms with Crippen molar-refractivity contribution in [3.05, 3.63) is 0 Å². The highest BCUT2D eigenvalue weighted by molar-refractivity contribution is 5.02. The summed E-state index contributed by atoms with van der Waals surface area (Å²) >= 11 is 0. The third-order valence-corrected chi connectivity index (χ3v) is 5.56. The Balaban J connectivity index is 1.91. The standard InChI is InChI=1S/C16H30O2/c1-11(2)14(17)13-9-12(13)10-15(3,4)16(18)7-5-6-8-16/h11-14,17-18H,5-10H2,1-4H3. The Morgan fingerprint density at radius 1 is 1.22 bits per heavy atom. The number of rotatable bonds is 5. The van der Waals surface area contributed by atoms with Crippen molar-refractivity contribution in [3.63, 3.8) is 0 Å². The quantitative estimate of drug-likeness (QED) is 0.790. The average Bonchev–Trinajstić information content (AvgIpc) is 2.86. The van der Waals surface area contributed by atoms with Crippen molar-refractivity contribution >= 4 is 0 Å². The molecule has 2 rings (SSSR count). The molecule has 2 heteroatoms. The second-order valence-electron chi connectivity index (χ2n) is 7.72. The molecular formula is C16H30O2. The van der Waals surface area contributed by atoms with Crippen molar-refractivity contribution in [2.24, 2.45) is 23.2 Å². The highest BCUT2D eigenvalue weighted by atomic mass is 16.3. The first-order valence-corrected chi connectivity index (χ1v) is 7.67. The molecule has 2 saturated carbocycles. The smallest absolute Gasteiger partial charge is 0.0698 e. The summed E-state index contributed by atoms with van der Waals surface area (Å²) < 4.78 is 0. The van der Waals surface area contributed by atoms with Crippen molar-refractivity contribution in [2.45, 2.75) is 77.9 Å². The Hall–Kier alpha value is -0.0800. The summed E-state index contributed by atoms with van der Waals surface area (Å²) in [6.45, 7) is 8.62. The van der Waals surface area contributed by atoms with Gasteiger partial charge >= 0.3 is 0 Å². The summed E-state index contributed by atoms with van der Waals surface area (Å²) in [4.78, 5) is 0. The molecule has 2 aliphatic carbocycles. The van der Waals surface area contributed by atoms with E-state index in [1.807, 2.05) is 0 Å². The summed E-state index contributed by atoms with van der Waals surface area (Å²) in [7, 11) is 0. The Labute approximate surface area is 112 Å². The van der Waals surface area contributed by atoms with E-state index in [0.717, 1.165) is 25.7 Å². The first-order chi connectivity index (χ1) is 8.27. The molecule has 0 aromatic heterocycles. The molecule has 0 amide bonds. The highest BCUT2D eigenvalue weighted by Crippen LogP contribution is 2.54. The monoisotopic (exact) mass is 254 g/mol. The Kier molecular flexibility index (Phi) is 3.81. The minimum absolute atomic E-state index is 0.000381. The molecule has 2 aliphatic rings. The molecule has 2 fully saturated rings. The van der Waals surface area contributed by atoms with E-state index in [4.69, 9.17) is 0 Å². The number of hydrogen-bond donors (Lipinski definition) is 2. The molecule has 2 N–H and O–H groups in total. The predicted octanol–water partition coefficient (Wildman–Crippen LogP) is 3.36. The van der Waals surface area contributed by atoms with Gasteiger partial charge in [0, 0.05) is 0 Å². The summed E-state index contributed by atoms with van der Waals surface area (Å²) in [5, 5.41) is 20.9. The van der Waals surface area contributed by atoms with Crippen molar-refractivity contribution in [2.75, 3.05) is 0 Å². The summed E-state index contributed by atoms with van der Waals surface area (Å²) in [5.74, 6) is 1.47. The molecule has 0 spiro atoms. The van der Waals surface area contributed by atoms with Crippen LogP contribution in [0.25, 0.3) is 0 Å². The first-order valence-electron chi connectivity index (χ1n) is 7.67. The van der Waals surface area contributed by atoms with Gasteiger partial charge in [-0.3, -0.25) is 0 Å². The fourth-order valence-electron chi connectivity index (χ4n) is 3.90. The van der Waals surface area contributed by atoms with Gasteiger partial charge in [-0.1, -0.05) is 40.5 Å². The van der Waals surface area contributed by atoms with E-state index >= 15 is 0 Å². The molecule has 0 saturated heterocycles. The van der Waals surface area contributed by atoms with Crippen molar-refractivity contribution in [1.29, 1.82) is 0 Å². The SMILES string of the molecule is CC(C)C(O)C1CC1CC(C)(C)C1(O)CCCC1. The van der Waals surface area contributed by atoms with Crippen LogP contribution < -0.4 is 0 Å². The second-order valence-corrected chi connectivity index (χ2v) is 7.72. The number of aliphatic hydroxyl groups is 2. The third kappa shape index (κ3) is 2.60. The predicted molar refractivity (Wildman–Crippen MR) is 74.3 cm³/mol. The van der Waals surface area contributed by atoms with Gasteiger partial charge < -0.3 is 10.2 Å². The Morgan fingerprint density at radius 2 is 1.78 bits per heavy atom. The van der Waals surface area contributed by atoms with E-state index in [1.54, 1.807) is 0 Å². The molecule has 0 aliphatic heterocycles. The topological polar surface area (TPSA) is 40.5 Å². The van der Waals surface area contributed by atoms with Crippen molar-refractivity contribution in [3.8, 4) is 0 Å². The van der Waals surface area contributed by atoms with Gasteiger partial charge in [0.1, 0.15) is 0 Å². The highest BCUT2D eigenvalue weighted by Gasteiger charge is 2.51. The molecule has 0 heterocycles. The van der Waals surface area contributed by atoms with Gasteiger partial charge in [-0.25, -0.2) is 0 Å². The van der Waals surface area contributed by atoms with Crippen LogP contribution in [0.2, 0.25) is 0 Å². The molecule has 0 radical (unpaired) electrons. The van der Waals surface area contributed by atoms with E-state index in [-0.39, 0.29) is 11.5 Å². The number of aliphatic hydroxyl groups excluding tert-OH is 1. The summed E-state index contributed by atoms with van der Waals surface area (Å²) in [6, 6.07) is 0. The largest absolute Gasteiger partial charge is 0.393 e. The Bertz CT molecular complexity index is 289. The Morgan fingerprint density at radius 3 is 2.28 bits per heavy atom. The van der Waals surface area contributed by atoms with Gasteiger partial charge in [0.25, 0.3) is 0 Å². The third-order valence-electron chi connectivity index (χ3n) is 5.56. The van der Waals surface area contributed by atoms with Crippen LogP contribution in [-0.2, 0) is 0 Å². The van der Waals surface area contributed by atoms with Gasteiger partial charge in [0.05, 0.1) is 11.7 Å².